The highest BCUT2D eigenvalue weighted by Gasteiger charge is 2.08. The molecule has 2 N–H and O–H groups in total. The molecule has 0 unspecified atom stereocenters. The quantitative estimate of drug-likeness (QED) is 0.728. The van der Waals surface area contributed by atoms with Gasteiger partial charge in [-0.25, -0.2) is 0 Å². The number of aromatic amines is 1. The lowest BCUT2D eigenvalue weighted by atomic mass is 10.2. The van der Waals surface area contributed by atoms with Gasteiger partial charge in [0.05, 0.1) is 9.35 Å². The highest BCUT2D eigenvalue weighted by molar-refractivity contribution is 9.11. The maximum absolute atomic E-state index is 12.0. The zero-order valence-electron chi connectivity index (χ0n) is 9.24. The van der Waals surface area contributed by atoms with Crippen molar-refractivity contribution in [1.29, 1.82) is 0 Å². The Morgan fingerprint density at radius 2 is 2.17 bits per heavy atom. The first-order chi connectivity index (χ1) is 8.72. The van der Waals surface area contributed by atoms with E-state index in [0.717, 1.165) is 20.4 Å². The van der Waals surface area contributed by atoms with Crippen LogP contribution in [0.25, 0.3) is 10.9 Å². The van der Waals surface area contributed by atoms with Crippen LogP contribution in [-0.2, 0) is 0 Å². The number of H-pyrrole nitrogens is 1. The molecule has 0 spiro atoms. The van der Waals surface area contributed by atoms with Crippen LogP contribution in [0.2, 0.25) is 0 Å². The summed E-state index contributed by atoms with van der Waals surface area (Å²) in [5.41, 5.74) is 2.53. The Bertz CT molecular complexity index is 716. The minimum Gasteiger partial charge on any atom is -0.361 e. The van der Waals surface area contributed by atoms with Gasteiger partial charge in [-0.3, -0.25) is 4.79 Å². The highest BCUT2D eigenvalue weighted by atomic mass is 79.9. The number of rotatable bonds is 2. The van der Waals surface area contributed by atoms with Crippen molar-refractivity contribution in [3.05, 3.63) is 51.3 Å². The van der Waals surface area contributed by atoms with Crippen LogP contribution in [0.1, 0.15) is 10.4 Å². The number of hydrogen-bond acceptors (Lipinski definition) is 2. The van der Waals surface area contributed by atoms with Crippen LogP contribution in [0.5, 0.6) is 0 Å². The average molecular weight is 321 g/mol. The molecular formula is C13H9BrN2OS. The van der Waals surface area contributed by atoms with Crippen molar-refractivity contribution in [3.63, 3.8) is 0 Å². The van der Waals surface area contributed by atoms with Crippen molar-refractivity contribution in [2.45, 2.75) is 0 Å². The maximum atomic E-state index is 12.0. The molecule has 0 atom stereocenters. The SMILES string of the molecule is O=C(Nc1ccc2[nH]ccc2c1)c1csc(Br)c1. The Morgan fingerprint density at radius 1 is 1.28 bits per heavy atom. The monoisotopic (exact) mass is 320 g/mol. The number of amides is 1. The summed E-state index contributed by atoms with van der Waals surface area (Å²) in [6.07, 6.45) is 1.88. The summed E-state index contributed by atoms with van der Waals surface area (Å²) in [6.45, 7) is 0. The molecule has 1 aromatic carbocycles. The molecule has 0 saturated heterocycles. The van der Waals surface area contributed by atoms with Crippen molar-refractivity contribution >= 4 is 49.8 Å². The van der Waals surface area contributed by atoms with Crippen LogP contribution in [0.15, 0.2) is 45.7 Å². The minimum absolute atomic E-state index is 0.0909. The van der Waals surface area contributed by atoms with Crippen LogP contribution in [-0.4, -0.2) is 10.9 Å². The number of aromatic nitrogens is 1. The van der Waals surface area contributed by atoms with E-state index in [4.69, 9.17) is 0 Å². The van der Waals surface area contributed by atoms with Crippen molar-refractivity contribution < 1.29 is 4.79 Å². The molecule has 0 radical (unpaired) electrons. The van der Waals surface area contributed by atoms with Gasteiger partial charge in [0.25, 0.3) is 5.91 Å². The third-order valence-electron chi connectivity index (χ3n) is 2.64. The van der Waals surface area contributed by atoms with Gasteiger partial charge in [-0.15, -0.1) is 11.3 Å². The van der Waals surface area contributed by atoms with Gasteiger partial charge in [0.15, 0.2) is 0 Å². The summed E-state index contributed by atoms with van der Waals surface area (Å²) in [5.74, 6) is -0.0909. The molecular weight excluding hydrogens is 312 g/mol. The minimum atomic E-state index is -0.0909. The van der Waals surface area contributed by atoms with E-state index in [1.165, 1.54) is 11.3 Å². The molecule has 1 amide bonds. The molecule has 0 aliphatic rings. The first-order valence-corrected chi connectivity index (χ1v) is 7.02. The fourth-order valence-electron chi connectivity index (χ4n) is 1.76. The highest BCUT2D eigenvalue weighted by Crippen LogP contribution is 2.22. The summed E-state index contributed by atoms with van der Waals surface area (Å²) in [7, 11) is 0. The van der Waals surface area contributed by atoms with E-state index >= 15 is 0 Å². The lowest BCUT2D eigenvalue weighted by Crippen LogP contribution is -2.10. The van der Waals surface area contributed by atoms with E-state index in [1.54, 1.807) is 0 Å². The zero-order chi connectivity index (χ0) is 12.5. The van der Waals surface area contributed by atoms with E-state index in [-0.39, 0.29) is 5.91 Å². The van der Waals surface area contributed by atoms with Crippen molar-refractivity contribution in [1.82, 2.24) is 4.98 Å². The lowest BCUT2D eigenvalue weighted by molar-refractivity contribution is 0.102. The maximum Gasteiger partial charge on any atom is 0.256 e. The standard InChI is InChI=1S/C13H9BrN2OS/c14-12-6-9(7-18-12)13(17)16-10-1-2-11-8(5-10)3-4-15-11/h1-7,15H,(H,16,17). The second-order valence-electron chi connectivity index (χ2n) is 3.87. The van der Waals surface area contributed by atoms with Crippen LogP contribution < -0.4 is 5.32 Å². The summed E-state index contributed by atoms with van der Waals surface area (Å²) in [5, 5.41) is 5.80. The number of thiophene rings is 1. The summed E-state index contributed by atoms with van der Waals surface area (Å²) in [4.78, 5) is 15.1. The van der Waals surface area contributed by atoms with Gasteiger partial charge in [0.1, 0.15) is 0 Å². The Hall–Kier alpha value is -1.59. The predicted octanol–water partition coefficient (Wildman–Crippen LogP) is 4.24. The molecule has 0 aliphatic heterocycles. The van der Waals surface area contributed by atoms with Gasteiger partial charge in [0.2, 0.25) is 0 Å². The van der Waals surface area contributed by atoms with Gasteiger partial charge in [-0.05, 0) is 46.3 Å². The molecule has 5 heteroatoms. The summed E-state index contributed by atoms with van der Waals surface area (Å²) >= 11 is 4.85. The van der Waals surface area contributed by atoms with Gasteiger partial charge >= 0.3 is 0 Å². The molecule has 0 aliphatic carbocycles. The van der Waals surface area contributed by atoms with Crippen LogP contribution >= 0.6 is 27.3 Å². The predicted molar refractivity (Wildman–Crippen MR) is 78.3 cm³/mol. The number of benzene rings is 1. The summed E-state index contributed by atoms with van der Waals surface area (Å²) < 4.78 is 0.953. The number of hydrogen-bond donors (Lipinski definition) is 2. The number of halogens is 1. The molecule has 0 saturated carbocycles. The fourth-order valence-corrected chi connectivity index (χ4v) is 2.90. The molecule has 2 aromatic heterocycles. The second kappa shape index (κ2) is 4.59. The molecule has 3 nitrogen and oxygen atoms in total. The average Bonchev–Trinajstić information content (AvgIpc) is 2.96. The second-order valence-corrected chi connectivity index (χ2v) is 6.16. The van der Waals surface area contributed by atoms with Crippen LogP contribution in [0.3, 0.4) is 0 Å². The number of nitrogens with one attached hydrogen (secondary N) is 2. The van der Waals surface area contributed by atoms with Crippen LogP contribution in [0.4, 0.5) is 5.69 Å². The van der Waals surface area contributed by atoms with Crippen molar-refractivity contribution in [2.75, 3.05) is 5.32 Å². The number of anilines is 1. The van der Waals surface area contributed by atoms with Crippen molar-refractivity contribution in [2.24, 2.45) is 0 Å². The van der Waals surface area contributed by atoms with E-state index in [1.807, 2.05) is 41.9 Å². The molecule has 90 valence electrons. The molecule has 0 fully saturated rings. The van der Waals surface area contributed by atoms with E-state index in [2.05, 4.69) is 26.2 Å². The number of carbonyl (C=O) groups is 1. The molecule has 3 aromatic rings. The Kier molecular flexibility index (Phi) is 2.93. The smallest absolute Gasteiger partial charge is 0.256 e. The van der Waals surface area contributed by atoms with Gasteiger partial charge in [0, 0.05) is 28.2 Å². The molecule has 2 heterocycles. The zero-order valence-corrected chi connectivity index (χ0v) is 11.6. The first-order valence-electron chi connectivity index (χ1n) is 5.35. The Balaban J connectivity index is 1.85. The van der Waals surface area contributed by atoms with E-state index in [9.17, 15) is 4.79 Å². The molecule has 18 heavy (non-hydrogen) atoms. The van der Waals surface area contributed by atoms with Gasteiger partial charge < -0.3 is 10.3 Å². The number of fused-ring (bicyclic) bond motifs is 1. The van der Waals surface area contributed by atoms with E-state index < -0.39 is 0 Å². The third kappa shape index (κ3) is 2.19. The third-order valence-corrected chi connectivity index (χ3v) is 4.15. The van der Waals surface area contributed by atoms with Gasteiger partial charge in [-0.1, -0.05) is 0 Å². The molecule has 0 bridgehead atoms. The Labute approximate surface area is 116 Å². The molecule has 3 rings (SSSR count). The number of carbonyl (C=O) groups excluding carboxylic acids is 1. The topological polar surface area (TPSA) is 44.9 Å². The normalized spacial score (nSPS) is 10.7. The van der Waals surface area contributed by atoms with Crippen LogP contribution in [0, 0.1) is 0 Å². The fraction of sp³-hybridized carbons (Fsp3) is 0. The summed E-state index contributed by atoms with van der Waals surface area (Å²) in [6, 6.07) is 9.58. The van der Waals surface area contributed by atoms with Crippen molar-refractivity contribution in [3.8, 4) is 0 Å². The Morgan fingerprint density at radius 3 is 2.94 bits per heavy atom. The van der Waals surface area contributed by atoms with Gasteiger partial charge in [-0.2, -0.15) is 0 Å². The largest absolute Gasteiger partial charge is 0.361 e. The lowest BCUT2D eigenvalue weighted by Gasteiger charge is -2.03. The first kappa shape index (κ1) is 11.5. The van der Waals surface area contributed by atoms with E-state index in [0.29, 0.717) is 5.56 Å².